The van der Waals surface area contributed by atoms with Crippen LogP contribution in [0.2, 0.25) is 0 Å². The number of hydrogen-bond acceptors (Lipinski definition) is 10. The number of halogens is 2. The molecule has 63 heavy (non-hydrogen) atoms. The van der Waals surface area contributed by atoms with E-state index < -0.39 is 23.6 Å². The first-order valence-corrected chi connectivity index (χ1v) is 21.8. The van der Waals surface area contributed by atoms with E-state index in [2.05, 4.69) is 53.0 Å². The number of amides is 4. The van der Waals surface area contributed by atoms with Crippen LogP contribution < -0.4 is 25.8 Å². The van der Waals surface area contributed by atoms with Gasteiger partial charge in [0, 0.05) is 118 Å². The molecule has 14 nitrogen and oxygen atoms in total. The van der Waals surface area contributed by atoms with E-state index in [0.717, 1.165) is 98.4 Å². The number of hydrogen-bond donors (Lipinski definition) is 4. The molecule has 0 bridgehead atoms. The van der Waals surface area contributed by atoms with Crippen LogP contribution in [0.5, 0.6) is 0 Å². The van der Waals surface area contributed by atoms with Gasteiger partial charge in [-0.1, -0.05) is 6.07 Å². The highest BCUT2D eigenvalue weighted by Crippen LogP contribution is 2.34. The molecule has 6 heterocycles. The molecular weight excluding hydrogens is 809 g/mol. The predicted octanol–water partition coefficient (Wildman–Crippen LogP) is 5.29. The van der Waals surface area contributed by atoms with E-state index in [1.54, 1.807) is 4.90 Å². The van der Waals surface area contributed by atoms with Crippen LogP contribution in [-0.2, 0) is 27.3 Å². The van der Waals surface area contributed by atoms with Crippen molar-refractivity contribution in [3.05, 3.63) is 112 Å². The minimum absolute atomic E-state index is 0.157. The lowest BCUT2D eigenvalue weighted by Crippen LogP contribution is -2.55. The molecule has 1 aromatic heterocycles. The smallest absolute Gasteiger partial charge is 0.258 e. The molecule has 4 saturated heterocycles. The number of aromatic amines is 1. The van der Waals surface area contributed by atoms with Crippen molar-refractivity contribution in [1.29, 1.82) is 0 Å². The Kier molecular flexibility index (Phi) is 11.0. The van der Waals surface area contributed by atoms with Gasteiger partial charge in [0.25, 0.3) is 11.8 Å². The highest BCUT2D eigenvalue weighted by atomic mass is 19.1. The van der Waals surface area contributed by atoms with Gasteiger partial charge in [-0.2, -0.15) is 5.10 Å². The number of piperazine rings is 1. The minimum atomic E-state index is -0.628. The third-order valence-corrected chi connectivity index (χ3v) is 13.1. The average Bonchev–Trinajstić information content (AvgIpc) is 3.81. The maximum atomic E-state index is 14.0. The van der Waals surface area contributed by atoms with Gasteiger partial charge in [-0.05, 0) is 103 Å². The van der Waals surface area contributed by atoms with Gasteiger partial charge in [-0.15, -0.1) is 0 Å². The Morgan fingerprint density at radius 1 is 0.825 bits per heavy atom. The molecule has 4 aromatic carbocycles. The zero-order valence-electron chi connectivity index (χ0n) is 34.8. The summed E-state index contributed by atoms with van der Waals surface area (Å²) in [6.45, 7) is 8.08. The quantitative estimate of drug-likeness (QED) is 0.129. The Labute approximate surface area is 362 Å². The zero-order valence-corrected chi connectivity index (χ0v) is 34.8. The number of anilines is 4. The van der Waals surface area contributed by atoms with Gasteiger partial charge in [-0.3, -0.25) is 34.5 Å². The number of benzene rings is 4. The van der Waals surface area contributed by atoms with Gasteiger partial charge < -0.3 is 30.1 Å². The molecule has 5 aliphatic rings. The van der Waals surface area contributed by atoms with Crippen molar-refractivity contribution < 1.29 is 32.7 Å². The van der Waals surface area contributed by atoms with E-state index in [-0.39, 0.29) is 30.2 Å². The van der Waals surface area contributed by atoms with Gasteiger partial charge >= 0.3 is 0 Å². The summed E-state index contributed by atoms with van der Waals surface area (Å²) in [4.78, 5) is 60.2. The van der Waals surface area contributed by atoms with Crippen molar-refractivity contribution in [3.8, 4) is 0 Å². The molecule has 0 spiro atoms. The molecule has 326 valence electrons. The fourth-order valence-electron chi connectivity index (χ4n) is 9.71. The van der Waals surface area contributed by atoms with Crippen molar-refractivity contribution in [3.63, 3.8) is 0 Å². The highest BCUT2D eigenvalue weighted by molar-refractivity contribution is 6.11. The van der Waals surface area contributed by atoms with Crippen LogP contribution in [0.1, 0.15) is 63.1 Å². The normalized spacial score (nSPS) is 19.9. The number of carbonyl (C=O) groups excluding carboxylic acids is 4. The molecule has 4 N–H and O–H groups in total. The minimum Gasteiger partial charge on any atom is -0.381 e. The van der Waals surface area contributed by atoms with E-state index in [1.165, 1.54) is 12.1 Å². The lowest BCUT2D eigenvalue weighted by atomic mass is 9.97. The van der Waals surface area contributed by atoms with E-state index in [4.69, 9.17) is 4.74 Å². The summed E-state index contributed by atoms with van der Waals surface area (Å²) in [6, 6.07) is 20.5. The monoisotopic (exact) mass is 857 g/mol. The Morgan fingerprint density at radius 2 is 1.59 bits per heavy atom. The highest BCUT2D eigenvalue weighted by Gasteiger charge is 2.40. The second kappa shape index (κ2) is 17.1. The molecule has 4 fully saturated rings. The number of imide groups is 1. The summed E-state index contributed by atoms with van der Waals surface area (Å²) in [5, 5.41) is 17.1. The van der Waals surface area contributed by atoms with Crippen molar-refractivity contribution in [1.82, 2.24) is 25.3 Å². The number of ether oxygens (including phenoxy) is 1. The summed E-state index contributed by atoms with van der Waals surface area (Å²) in [6.07, 6.45) is 2.57. The second-order valence-electron chi connectivity index (χ2n) is 17.4. The Morgan fingerprint density at radius 3 is 2.37 bits per heavy atom. The Bertz CT molecular complexity index is 2580. The number of aromatic nitrogens is 2. The molecule has 16 heteroatoms. The summed E-state index contributed by atoms with van der Waals surface area (Å²) < 4.78 is 33.4. The van der Waals surface area contributed by atoms with Crippen LogP contribution in [0.3, 0.4) is 0 Å². The largest absolute Gasteiger partial charge is 0.381 e. The lowest BCUT2D eigenvalue weighted by molar-refractivity contribution is -0.136. The van der Waals surface area contributed by atoms with Crippen LogP contribution in [0.25, 0.3) is 10.9 Å². The molecule has 5 aromatic rings. The molecular formula is C47H49F2N9O5. The lowest BCUT2D eigenvalue weighted by Gasteiger charge is -2.45. The van der Waals surface area contributed by atoms with Crippen molar-refractivity contribution in [2.24, 2.45) is 5.92 Å². The third-order valence-electron chi connectivity index (χ3n) is 13.1. The fraction of sp³-hybridized carbons (Fsp3) is 0.383. The standard InChI is InChI=1S/C47H49F2N9O5/c48-32-18-29(19-33(49)22-32)17-28-1-6-40-39(20-28)44(54-53-40)52-45(60)38-5-3-36(23-41(38)50-34-9-15-63-16-10-34)56-13-11-55(12-14-56)24-30-25-57(26-30)35-2-4-37-31(21-35)27-58(47(37)62)42-7-8-43(59)51-46(42)61/h1-6,18-23,30,34,42,50H,7-17,24-27H2,(H,51,59,61)(H2,52,53,54,60). The first-order chi connectivity index (χ1) is 30.6. The van der Waals surface area contributed by atoms with E-state index >= 15 is 0 Å². The number of nitrogens with one attached hydrogen (secondary N) is 4. The average molecular weight is 858 g/mol. The first kappa shape index (κ1) is 40.7. The number of rotatable bonds is 11. The molecule has 0 radical (unpaired) electrons. The summed E-state index contributed by atoms with van der Waals surface area (Å²) in [5.41, 5.74) is 6.98. The summed E-state index contributed by atoms with van der Waals surface area (Å²) in [5.74, 6) is -1.51. The Hall–Kier alpha value is -6.39. The Balaban J connectivity index is 0.760. The van der Waals surface area contributed by atoms with Gasteiger partial charge in [0.15, 0.2) is 5.82 Å². The molecule has 5 aliphatic heterocycles. The SMILES string of the molecule is O=C1CCC(N2Cc3cc(N4CC(CN5CCN(c6ccc(C(=O)Nc7n[nH]c8ccc(Cc9cc(F)cc(F)c9)cc78)c(NC7CCOCC7)c6)CC5)C4)ccc3C2=O)C(=O)N1. The number of carbonyl (C=O) groups is 4. The number of nitrogens with zero attached hydrogens (tertiary/aromatic N) is 5. The number of piperidine rings is 1. The number of fused-ring (bicyclic) bond motifs is 2. The fourth-order valence-corrected chi connectivity index (χ4v) is 9.71. The summed E-state index contributed by atoms with van der Waals surface area (Å²) in [7, 11) is 0. The van der Waals surface area contributed by atoms with Crippen LogP contribution >= 0.6 is 0 Å². The second-order valence-corrected chi connectivity index (χ2v) is 17.4. The zero-order chi connectivity index (χ0) is 43.2. The number of H-pyrrole nitrogens is 1. The molecule has 0 aliphatic carbocycles. The van der Waals surface area contributed by atoms with Crippen LogP contribution in [0.4, 0.5) is 31.7 Å². The molecule has 4 amide bonds. The summed E-state index contributed by atoms with van der Waals surface area (Å²) >= 11 is 0. The van der Waals surface area contributed by atoms with Gasteiger partial charge in [-0.25, -0.2) is 8.78 Å². The first-order valence-electron chi connectivity index (χ1n) is 21.8. The van der Waals surface area contributed by atoms with E-state index in [9.17, 15) is 28.0 Å². The van der Waals surface area contributed by atoms with Crippen LogP contribution in [0.15, 0.2) is 72.8 Å². The van der Waals surface area contributed by atoms with Crippen LogP contribution in [0, 0.1) is 17.6 Å². The van der Waals surface area contributed by atoms with Crippen molar-refractivity contribution >= 4 is 57.4 Å². The molecule has 1 atom stereocenters. The van der Waals surface area contributed by atoms with E-state index in [0.29, 0.717) is 66.4 Å². The topological polar surface area (TPSA) is 155 Å². The molecule has 1 unspecified atom stereocenters. The van der Waals surface area contributed by atoms with E-state index in [1.807, 2.05) is 42.5 Å². The third kappa shape index (κ3) is 8.56. The van der Waals surface area contributed by atoms with Crippen molar-refractivity contribution in [2.75, 3.05) is 79.5 Å². The maximum Gasteiger partial charge on any atom is 0.258 e. The molecule has 0 saturated carbocycles. The predicted molar refractivity (Wildman–Crippen MR) is 234 cm³/mol. The maximum absolute atomic E-state index is 14.0. The van der Waals surface area contributed by atoms with Crippen LogP contribution in [-0.4, -0.2) is 115 Å². The van der Waals surface area contributed by atoms with Crippen molar-refractivity contribution in [2.45, 2.75) is 50.7 Å². The van der Waals surface area contributed by atoms with Gasteiger partial charge in [0.05, 0.1) is 11.1 Å². The molecule has 10 rings (SSSR count). The van der Waals surface area contributed by atoms with Gasteiger partial charge in [0.2, 0.25) is 11.8 Å². The van der Waals surface area contributed by atoms with Gasteiger partial charge in [0.1, 0.15) is 17.7 Å².